The molecular weight excluding hydrogens is 382 g/mol. The van der Waals surface area contributed by atoms with Gasteiger partial charge in [0, 0.05) is 10.9 Å². The standard InChI is InChI=1S/C22H17N5O3/c1-14-7-8-17-15(12-30-19(17)9-14)10-20(28)25-26-13-23-21-18(22(26)29)11-24-27(21)16-5-3-2-4-6-16/h2-9,11-13H,10H2,1H3,(H,25,28). The molecule has 8 heteroatoms. The van der Waals surface area contributed by atoms with Gasteiger partial charge < -0.3 is 4.42 Å². The summed E-state index contributed by atoms with van der Waals surface area (Å²) in [5, 5.41) is 5.45. The minimum absolute atomic E-state index is 0.0732. The van der Waals surface area contributed by atoms with Crippen LogP contribution in [0.1, 0.15) is 11.1 Å². The van der Waals surface area contributed by atoms with Crippen molar-refractivity contribution in [3.8, 4) is 5.69 Å². The summed E-state index contributed by atoms with van der Waals surface area (Å²) in [4.78, 5) is 29.7. The van der Waals surface area contributed by atoms with Crippen molar-refractivity contribution in [1.82, 2.24) is 19.4 Å². The van der Waals surface area contributed by atoms with Gasteiger partial charge in [-0.15, -0.1) is 0 Å². The van der Waals surface area contributed by atoms with Crippen LogP contribution in [0.5, 0.6) is 0 Å². The van der Waals surface area contributed by atoms with Crippen LogP contribution in [0, 0.1) is 6.92 Å². The summed E-state index contributed by atoms with van der Waals surface area (Å²) in [6.45, 7) is 1.98. The Morgan fingerprint density at radius 2 is 1.97 bits per heavy atom. The smallest absolute Gasteiger partial charge is 0.283 e. The average molecular weight is 399 g/mol. The van der Waals surface area contributed by atoms with Gasteiger partial charge in [0.2, 0.25) is 5.91 Å². The van der Waals surface area contributed by atoms with Gasteiger partial charge in [0.1, 0.15) is 17.3 Å². The third-order valence-electron chi connectivity index (χ3n) is 4.90. The lowest BCUT2D eigenvalue weighted by Gasteiger charge is -2.08. The normalized spacial score (nSPS) is 11.2. The number of carbonyl (C=O) groups is 1. The number of nitrogens with one attached hydrogen (secondary N) is 1. The fourth-order valence-electron chi connectivity index (χ4n) is 3.42. The lowest BCUT2D eigenvalue weighted by atomic mass is 10.1. The van der Waals surface area contributed by atoms with Gasteiger partial charge in [0.25, 0.3) is 5.56 Å². The highest BCUT2D eigenvalue weighted by atomic mass is 16.3. The number of para-hydroxylation sites is 1. The zero-order valence-electron chi connectivity index (χ0n) is 16.1. The van der Waals surface area contributed by atoms with E-state index >= 15 is 0 Å². The first kappa shape index (κ1) is 17.9. The number of hydrogen-bond donors (Lipinski definition) is 1. The van der Waals surface area contributed by atoms with Crippen LogP contribution < -0.4 is 11.0 Å². The molecule has 0 saturated heterocycles. The maximum absolute atomic E-state index is 12.8. The summed E-state index contributed by atoms with van der Waals surface area (Å²) < 4.78 is 8.20. The maximum Gasteiger partial charge on any atom is 0.283 e. The van der Waals surface area contributed by atoms with Crippen molar-refractivity contribution in [2.24, 2.45) is 0 Å². The van der Waals surface area contributed by atoms with Gasteiger partial charge in [0.05, 0.1) is 24.6 Å². The van der Waals surface area contributed by atoms with Gasteiger partial charge in [-0.05, 0) is 30.7 Å². The number of aryl methyl sites for hydroxylation is 1. The molecule has 0 unspecified atom stereocenters. The Morgan fingerprint density at radius 1 is 1.13 bits per heavy atom. The topological polar surface area (TPSA) is 95.0 Å². The predicted molar refractivity (Wildman–Crippen MR) is 112 cm³/mol. The van der Waals surface area contributed by atoms with Crippen molar-refractivity contribution in [2.45, 2.75) is 13.3 Å². The van der Waals surface area contributed by atoms with Crippen molar-refractivity contribution in [2.75, 3.05) is 5.43 Å². The van der Waals surface area contributed by atoms with E-state index in [1.54, 1.807) is 10.9 Å². The number of fused-ring (bicyclic) bond motifs is 2. The molecule has 5 aromatic rings. The Labute approximate surface area is 170 Å². The van der Waals surface area contributed by atoms with Gasteiger partial charge in [-0.1, -0.05) is 30.3 Å². The fourth-order valence-corrected chi connectivity index (χ4v) is 3.42. The molecule has 3 aromatic heterocycles. The van der Waals surface area contributed by atoms with Gasteiger partial charge in [-0.3, -0.25) is 15.0 Å². The minimum Gasteiger partial charge on any atom is -0.464 e. The number of benzene rings is 2. The van der Waals surface area contributed by atoms with E-state index in [2.05, 4.69) is 15.5 Å². The van der Waals surface area contributed by atoms with Crippen LogP contribution in [0.2, 0.25) is 0 Å². The van der Waals surface area contributed by atoms with Crippen molar-refractivity contribution in [3.63, 3.8) is 0 Å². The summed E-state index contributed by atoms with van der Waals surface area (Å²) in [5.74, 6) is -0.350. The van der Waals surface area contributed by atoms with Gasteiger partial charge >= 0.3 is 0 Å². The lowest BCUT2D eigenvalue weighted by Crippen LogP contribution is -2.34. The van der Waals surface area contributed by atoms with Crippen LogP contribution in [0.25, 0.3) is 27.7 Å². The molecule has 0 aliphatic rings. The molecule has 0 bridgehead atoms. The zero-order valence-corrected chi connectivity index (χ0v) is 16.1. The molecule has 8 nitrogen and oxygen atoms in total. The lowest BCUT2D eigenvalue weighted by molar-refractivity contribution is -0.116. The first-order chi connectivity index (χ1) is 14.6. The van der Waals surface area contributed by atoms with Gasteiger partial charge in [-0.2, -0.15) is 5.10 Å². The molecular formula is C22H17N5O3. The Balaban J connectivity index is 1.42. The molecule has 3 heterocycles. The molecule has 0 atom stereocenters. The Morgan fingerprint density at radius 3 is 2.80 bits per heavy atom. The second-order valence-corrected chi connectivity index (χ2v) is 7.02. The zero-order chi connectivity index (χ0) is 20.7. The van der Waals surface area contributed by atoms with Crippen molar-refractivity contribution >= 4 is 27.9 Å². The molecule has 1 N–H and O–H groups in total. The SMILES string of the molecule is Cc1ccc2c(CC(=O)Nn3cnc4c(cnn4-c4ccccc4)c3=O)coc2c1. The first-order valence-corrected chi connectivity index (χ1v) is 9.37. The molecule has 1 amide bonds. The van der Waals surface area contributed by atoms with Crippen LogP contribution in [0.3, 0.4) is 0 Å². The van der Waals surface area contributed by atoms with E-state index in [9.17, 15) is 9.59 Å². The number of aromatic nitrogens is 4. The molecule has 5 rings (SSSR count). The highest BCUT2D eigenvalue weighted by Crippen LogP contribution is 2.22. The number of hydrogen-bond acceptors (Lipinski definition) is 5. The summed E-state index contributed by atoms with van der Waals surface area (Å²) in [6, 6.07) is 15.2. The first-order valence-electron chi connectivity index (χ1n) is 9.37. The van der Waals surface area contributed by atoms with E-state index in [1.165, 1.54) is 12.5 Å². The fraction of sp³-hybridized carbons (Fsp3) is 0.0909. The highest BCUT2D eigenvalue weighted by Gasteiger charge is 2.14. The second kappa shape index (κ2) is 7.00. The molecule has 0 saturated carbocycles. The molecule has 0 radical (unpaired) electrons. The molecule has 0 spiro atoms. The van der Waals surface area contributed by atoms with E-state index in [4.69, 9.17) is 4.42 Å². The van der Waals surface area contributed by atoms with Gasteiger partial charge in [0.15, 0.2) is 5.65 Å². The Hall–Kier alpha value is -4.20. The molecule has 0 aliphatic heterocycles. The van der Waals surface area contributed by atoms with Crippen LogP contribution >= 0.6 is 0 Å². The average Bonchev–Trinajstić information content (AvgIpc) is 3.35. The second-order valence-electron chi connectivity index (χ2n) is 7.02. The number of amides is 1. The molecule has 30 heavy (non-hydrogen) atoms. The van der Waals surface area contributed by atoms with E-state index in [0.717, 1.165) is 32.5 Å². The summed E-state index contributed by atoms with van der Waals surface area (Å²) in [7, 11) is 0. The highest BCUT2D eigenvalue weighted by molar-refractivity contribution is 5.91. The van der Waals surface area contributed by atoms with Crippen LogP contribution in [0.15, 0.2) is 76.5 Å². The molecule has 0 aliphatic carbocycles. The summed E-state index contributed by atoms with van der Waals surface area (Å²) >= 11 is 0. The number of rotatable bonds is 4. The van der Waals surface area contributed by atoms with Crippen molar-refractivity contribution in [3.05, 3.63) is 88.8 Å². The minimum atomic E-state index is -0.400. The molecule has 148 valence electrons. The maximum atomic E-state index is 12.8. The van der Waals surface area contributed by atoms with Crippen LogP contribution in [0.4, 0.5) is 0 Å². The Kier molecular flexibility index (Phi) is 4.17. The molecule has 0 fully saturated rings. The van der Waals surface area contributed by atoms with E-state index in [-0.39, 0.29) is 12.3 Å². The monoisotopic (exact) mass is 399 g/mol. The third-order valence-corrected chi connectivity index (χ3v) is 4.90. The summed E-state index contributed by atoms with van der Waals surface area (Å²) in [6.07, 6.45) is 4.38. The predicted octanol–water partition coefficient (Wildman–Crippen LogP) is 2.95. The summed E-state index contributed by atoms with van der Waals surface area (Å²) in [5.41, 5.74) is 5.97. The number of furan rings is 1. The van der Waals surface area contributed by atoms with E-state index in [0.29, 0.717) is 11.0 Å². The third kappa shape index (κ3) is 3.04. The van der Waals surface area contributed by atoms with Crippen LogP contribution in [-0.2, 0) is 11.2 Å². The van der Waals surface area contributed by atoms with E-state index < -0.39 is 5.56 Å². The van der Waals surface area contributed by atoms with Crippen molar-refractivity contribution in [1.29, 1.82) is 0 Å². The van der Waals surface area contributed by atoms with E-state index in [1.807, 2.05) is 55.5 Å². The number of nitrogens with zero attached hydrogens (tertiary/aromatic N) is 4. The largest absolute Gasteiger partial charge is 0.464 e. The van der Waals surface area contributed by atoms with Crippen LogP contribution in [-0.4, -0.2) is 25.3 Å². The Bertz CT molecular complexity index is 1450. The van der Waals surface area contributed by atoms with Crippen molar-refractivity contribution < 1.29 is 9.21 Å². The molecule has 2 aromatic carbocycles. The van der Waals surface area contributed by atoms with Gasteiger partial charge in [-0.25, -0.2) is 14.3 Å². The quantitative estimate of drug-likeness (QED) is 0.501. The number of carbonyl (C=O) groups excluding carboxylic acids is 1.